The van der Waals surface area contributed by atoms with Crippen molar-refractivity contribution in [3.8, 4) is 5.75 Å². The van der Waals surface area contributed by atoms with Gasteiger partial charge in [-0.1, -0.05) is 42.5 Å². The number of hydrogen-bond donors (Lipinski definition) is 0. The Labute approximate surface area is 182 Å². The van der Waals surface area contributed by atoms with Crippen LogP contribution in [0, 0.1) is 10.1 Å². The van der Waals surface area contributed by atoms with E-state index in [-0.39, 0.29) is 5.69 Å². The Morgan fingerprint density at radius 1 is 0.806 bits per heavy atom. The van der Waals surface area contributed by atoms with E-state index in [1.165, 1.54) is 28.9 Å². The zero-order valence-electron chi connectivity index (χ0n) is 17.5. The van der Waals surface area contributed by atoms with E-state index in [9.17, 15) is 10.1 Å². The van der Waals surface area contributed by atoms with Crippen LogP contribution in [0.2, 0.25) is 0 Å². The molecule has 0 atom stereocenters. The first kappa shape index (κ1) is 20.9. The van der Waals surface area contributed by atoms with Crippen molar-refractivity contribution in [2.75, 3.05) is 37.7 Å². The summed E-state index contributed by atoms with van der Waals surface area (Å²) in [6.45, 7) is 5.77. The molecule has 6 nitrogen and oxygen atoms in total. The number of nitrogens with zero attached hydrogens (tertiary/aromatic N) is 3. The molecule has 1 aliphatic heterocycles. The lowest BCUT2D eigenvalue weighted by molar-refractivity contribution is -0.384. The molecule has 0 aliphatic carbocycles. The third-order valence-corrected chi connectivity index (χ3v) is 5.63. The van der Waals surface area contributed by atoms with Gasteiger partial charge in [-0.2, -0.15) is 0 Å². The summed E-state index contributed by atoms with van der Waals surface area (Å²) in [5.74, 6) is 0.650. The van der Waals surface area contributed by atoms with Crippen LogP contribution in [0.4, 0.5) is 11.4 Å². The van der Waals surface area contributed by atoms with E-state index in [1.807, 2.05) is 0 Å². The first-order valence-electron chi connectivity index (χ1n) is 10.6. The summed E-state index contributed by atoms with van der Waals surface area (Å²) in [6.07, 6.45) is 0.799. The highest BCUT2D eigenvalue weighted by Crippen LogP contribution is 2.19. The van der Waals surface area contributed by atoms with E-state index in [4.69, 9.17) is 4.74 Å². The molecule has 6 heteroatoms. The number of piperazine rings is 1. The van der Waals surface area contributed by atoms with Crippen molar-refractivity contribution < 1.29 is 9.66 Å². The average molecular weight is 418 g/mol. The largest absolute Gasteiger partial charge is 0.493 e. The second-order valence-corrected chi connectivity index (χ2v) is 7.76. The molecule has 1 fully saturated rings. The third kappa shape index (κ3) is 5.83. The molecule has 0 bridgehead atoms. The van der Waals surface area contributed by atoms with E-state index in [0.29, 0.717) is 12.4 Å². The van der Waals surface area contributed by atoms with Crippen LogP contribution in [0.5, 0.6) is 5.75 Å². The summed E-state index contributed by atoms with van der Waals surface area (Å²) in [4.78, 5) is 15.2. The maximum absolute atomic E-state index is 10.7. The van der Waals surface area contributed by atoms with Gasteiger partial charge >= 0.3 is 0 Å². The van der Waals surface area contributed by atoms with E-state index in [1.54, 1.807) is 12.1 Å². The standard InChI is InChI=1S/C25H27N3O3/c29-28(30)24-10-12-25(13-11-24)31-19-14-21-6-8-22(9-7-21)20-26-15-17-27(18-16-26)23-4-2-1-3-5-23/h1-13H,14-20H2. The second-order valence-electron chi connectivity index (χ2n) is 7.76. The number of para-hydroxylation sites is 1. The fraction of sp³-hybridized carbons (Fsp3) is 0.280. The highest BCUT2D eigenvalue weighted by molar-refractivity contribution is 5.46. The molecule has 0 spiro atoms. The SMILES string of the molecule is O=[N+]([O-])c1ccc(OCCc2ccc(CN3CCN(c4ccccc4)CC3)cc2)cc1. The van der Waals surface area contributed by atoms with Crippen LogP contribution in [0.15, 0.2) is 78.9 Å². The molecule has 3 aromatic rings. The quantitative estimate of drug-likeness (QED) is 0.398. The number of non-ortho nitro benzene ring substituents is 1. The first-order chi connectivity index (χ1) is 15.2. The lowest BCUT2D eigenvalue weighted by Gasteiger charge is -2.36. The van der Waals surface area contributed by atoms with Crippen LogP contribution in [0.3, 0.4) is 0 Å². The van der Waals surface area contributed by atoms with Gasteiger partial charge in [-0.25, -0.2) is 0 Å². The normalized spacial score (nSPS) is 14.4. The molecule has 0 radical (unpaired) electrons. The second kappa shape index (κ2) is 10.1. The average Bonchev–Trinajstić information content (AvgIpc) is 2.82. The molecule has 0 saturated carbocycles. The zero-order chi connectivity index (χ0) is 21.5. The molecular weight excluding hydrogens is 390 g/mol. The van der Waals surface area contributed by atoms with Crippen LogP contribution < -0.4 is 9.64 Å². The molecule has 0 N–H and O–H groups in total. The summed E-state index contributed by atoms with van der Waals surface area (Å²) < 4.78 is 5.71. The minimum absolute atomic E-state index is 0.0735. The van der Waals surface area contributed by atoms with Crippen molar-refractivity contribution in [2.45, 2.75) is 13.0 Å². The van der Waals surface area contributed by atoms with Crippen LogP contribution in [0.1, 0.15) is 11.1 Å². The molecule has 3 aromatic carbocycles. The zero-order valence-corrected chi connectivity index (χ0v) is 17.5. The maximum atomic E-state index is 10.7. The van der Waals surface area contributed by atoms with Gasteiger partial charge in [-0.15, -0.1) is 0 Å². The number of anilines is 1. The van der Waals surface area contributed by atoms with Gasteiger partial charge in [0.2, 0.25) is 0 Å². The molecule has 4 rings (SSSR count). The Kier molecular flexibility index (Phi) is 6.79. The van der Waals surface area contributed by atoms with Gasteiger partial charge in [-0.3, -0.25) is 15.0 Å². The van der Waals surface area contributed by atoms with Gasteiger partial charge in [0, 0.05) is 57.0 Å². The first-order valence-corrected chi connectivity index (χ1v) is 10.6. The Balaban J connectivity index is 1.20. The summed E-state index contributed by atoms with van der Waals surface area (Å²) in [5.41, 5.74) is 3.93. The minimum Gasteiger partial charge on any atom is -0.493 e. The van der Waals surface area contributed by atoms with E-state index >= 15 is 0 Å². The fourth-order valence-electron chi connectivity index (χ4n) is 3.82. The van der Waals surface area contributed by atoms with Crippen LogP contribution in [-0.2, 0) is 13.0 Å². The Bertz CT molecular complexity index is 967. The number of rotatable bonds is 8. The lowest BCUT2D eigenvalue weighted by Crippen LogP contribution is -2.45. The van der Waals surface area contributed by atoms with Gasteiger partial charge in [-0.05, 0) is 35.4 Å². The van der Waals surface area contributed by atoms with Gasteiger partial charge in [0.05, 0.1) is 11.5 Å². The summed E-state index contributed by atoms with van der Waals surface area (Å²) in [7, 11) is 0. The van der Waals surface area contributed by atoms with Crippen LogP contribution in [0.25, 0.3) is 0 Å². The van der Waals surface area contributed by atoms with E-state index in [0.717, 1.165) is 39.1 Å². The van der Waals surface area contributed by atoms with E-state index in [2.05, 4.69) is 64.4 Å². The Morgan fingerprint density at radius 3 is 2.10 bits per heavy atom. The monoisotopic (exact) mass is 417 g/mol. The predicted octanol–water partition coefficient (Wildman–Crippen LogP) is 4.54. The molecular formula is C25H27N3O3. The highest BCUT2D eigenvalue weighted by Gasteiger charge is 2.17. The predicted molar refractivity (Wildman–Crippen MR) is 123 cm³/mol. The number of nitro groups is 1. The highest BCUT2D eigenvalue weighted by atomic mass is 16.6. The molecule has 1 aliphatic rings. The summed E-state index contributed by atoms with van der Waals surface area (Å²) in [5, 5.41) is 10.7. The lowest BCUT2D eigenvalue weighted by atomic mass is 10.1. The number of nitro benzene ring substituents is 1. The van der Waals surface area contributed by atoms with Gasteiger partial charge in [0.1, 0.15) is 5.75 Å². The van der Waals surface area contributed by atoms with Crippen molar-refractivity contribution in [1.82, 2.24) is 4.90 Å². The van der Waals surface area contributed by atoms with Gasteiger partial charge in [0.15, 0.2) is 0 Å². The third-order valence-electron chi connectivity index (χ3n) is 5.63. The van der Waals surface area contributed by atoms with Crippen molar-refractivity contribution in [2.24, 2.45) is 0 Å². The molecule has 1 saturated heterocycles. The summed E-state index contributed by atoms with van der Waals surface area (Å²) in [6, 6.07) is 25.5. The number of benzene rings is 3. The van der Waals surface area contributed by atoms with Gasteiger partial charge in [0.25, 0.3) is 5.69 Å². The smallest absolute Gasteiger partial charge is 0.269 e. The number of hydrogen-bond acceptors (Lipinski definition) is 5. The minimum atomic E-state index is -0.408. The molecule has 0 unspecified atom stereocenters. The Hall–Kier alpha value is -3.38. The maximum Gasteiger partial charge on any atom is 0.269 e. The number of ether oxygens (including phenoxy) is 1. The summed E-state index contributed by atoms with van der Waals surface area (Å²) >= 11 is 0. The molecule has 0 amide bonds. The Morgan fingerprint density at radius 2 is 1.45 bits per heavy atom. The van der Waals surface area contributed by atoms with Crippen molar-refractivity contribution in [3.05, 3.63) is 100 Å². The van der Waals surface area contributed by atoms with Crippen molar-refractivity contribution in [1.29, 1.82) is 0 Å². The van der Waals surface area contributed by atoms with Crippen molar-refractivity contribution >= 4 is 11.4 Å². The molecule has 160 valence electrons. The fourth-order valence-corrected chi connectivity index (χ4v) is 3.82. The topological polar surface area (TPSA) is 58.9 Å². The molecule has 0 aromatic heterocycles. The van der Waals surface area contributed by atoms with Crippen molar-refractivity contribution in [3.63, 3.8) is 0 Å². The van der Waals surface area contributed by atoms with E-state index < -0.39 is 4.92 Å². The van der Waals surface area contributed by atoms with Gasteiger partial charge < -0.3 is 9.64 Å². The van der Waals surface area contributed by atoms with Crippen LogP contribution in [-0.4, -0.2) is 42.6 Å². The molecule has 31 heavy (non-hydrogen) atoms. The van der Waals surface area contributed by atoms with Crippen LogP contribution >= 0.6 is 0 Å². The molecule has 1 heterocycles.